The molecule has 1 saturated heterocycles. The number of anilines is 1. The Hall–Kier alpha value is -7.76. The first-order valence-electron chi connectivity index (χ1n) is 30.5. The summed E-state index contributed by atoms with van der Waals surface area (Å²) in [6.45, 7) is 35.7. The van der Waals surface area contributed by atoms with Crippen LogP contribution in [0.5, 0.6) is 0 Å². The molecule has 0 radical (unpaired) electrons. The van der Waals surface area contributed by atoms with Crippen molar-refractivity contribution in [3.05, 3.63) is 108 Å². The molecule has 10 rings (SSSR count). The van der Waals surface area contributed by atoms with E-state index in [1.807, 2.05) is 85.2 Å². The van der Waals surface area contributed by atoms with Gasteiger partial charge in [0.15, 0.2) is 16.9 Å². The van der Waals surface area contributed by atoms with Crippen molar-refractivity contribution in [2.75, 3.05) is 32.2 Å². The average molecular weight is 1310 g/mol. The number of ether oxygens (including phenoxy) is 2. The Morgan fingerprint density at radius 3 is 1.51 bits per heavy atom. The fraction of sp³-hybridized carbons (Fsp3) is 0.538. The Morgan fingerprint density at radius 1 is 0.678 bits per heavy atom. The van der Waals surface area contributed by atoms with Gasteiger partial charge in [0, 0.05) is 89.0 Å². The summed E-state index contributed by atoms with van der Waals surface area (Å²) >= 11 is 3.44. The number of hydrogen-bond donors (Lipinski definition) is 4. The number of nitrogens with two attached hydrogens (primary N) is 2. The lowest BCUT2D eigenvalue weighted by Gasteiger charge is -2.09. The van der Waals surface area contributed by atoms with Crippen LogP contribution in [0.2, 0.25) is 0 Å². The summed E-state index contributed by atoms with van der Waals surface area (Å²) in [4.78, 5) is 52.9. The zero-order valence-electron chi connectivity index (χ0n) is 56.9. The molecule has 10 heterocycles. The maximum atomic E-state index is 11.5. The third-order valence-electron chi connectivity index (χ3n) is 14.0. The summed E-state index contributed by atoms with van der Waals surface area (Å²) in [6, 6.07) is 11.6. The van der Waals surface area contributed by atoms with E-state index in [1.54, 1.807) is 53.3 Å². The molecule has 90 heavy (non-hydrogen) atoms. The highest BCUT2D eigenvalue weighted by Crippen LogP contribution is 2.31. The number of rotatable bonds is 11. The summed E-state index contributed by atoms with van der Waals surface area (Å²) in [7, 11) is 9.35. The fourth-order valence-electron chi connectivity index (χ4n) is 9.75. The van der Waals surface area contributed by atoms with Gasteiger partial charge in [-0.05, 0) is 146 Å². The molecule has 492 valence electrons. The molecule has 25 heteroatoms. The van der Waals surface area contributed by atoms with E-state index >= 15 is 0 Å². The molecular weight excluding hydrogens is 1210 g/mol. The lowest BCUT2D eigenvalue weighted by atomic mass is 9.99. The second kappa shape index (κ2) is 36.8. The van der Waals surface area contributed by atoms with Gasteiger partial charge in [-0.15, -0.1) is 0 Å². The summed E-state index contributed by atoms with van der Waals surface area (Å²) in [6.07, 6.45) is 4.60. The maximum Gasteiger partial charge on any atom is 0.313 e. The predicted octanol–water partition coefficient (Wildman–Crippen LogP) is 11.8. The van der Waals surface area contributed by atoms with Crippen molar-refractivity contribution in [1.82, 2.24) is 68.8 Å². The van der Waals surface area contributed by atoms with E-state index in [0.29, 0.717) is 67.3 Å². The third kappa shape index (κ3) is 22.0. The standard InChI is InChI=1S/C12H18N4.C12H14N4.C11H14BrN3.C11H15N3O.C9H16O3.C4H7N3.C4H8O.C2H6O2/c2*1-7(2)10-5-9(6-13)14-12-11(10)8(3)15-16(12)4;1-6(2)8-5-9(12)13-11-10(8)7(3)14-15(11)4;1-6(2)8-5-9(15)12-11-10(8)7(3)13-14(11)4;1-4-12-9(11)6-8(10)5-7(2)3;1-7-4(5)2-3-6-7;1-2-4-5-3-1;1-2-4-3/h5,7H,6,13H2,1-4H3;5,7H,1-4H3;5-6H,1-4H3;5-6H,1-4H3,(H,12,15);7H,4-6H2,1-3H3;2-3H,5H2,1H3;1-4H2;3H,2H2,1H3. The number of hydrogen-bond acceptors (Lipinski definition) is 18. The molecule has 6 N–H and O–H groups in total. The number of carbonyl (C=O) groups is 2. The van der Waals surface area contributed by atoms with Crippen LogP contribution in [0.4, 0.5) is 5.82 Å². The number of halogens is 1. The Kier molecular flexibility index (Phi) is 31.3. The maximum absolute atomic E-state index is 11.5. The molecule has 0 aromatic carbocycles. The fourth-order valence-corrected chi connectivity index (χ4v) is 10.2. The van der Waals surface area contributed by atoms with Gasteiger partial charge in [-0.1, -0.05) is 69.2 Å². The number of aromatic amines is 1. The molecule has 0 atom stereocenters. The molecule has 9 aromatic heterocycles. The van der Waals surface area contributed by atoms with Gasteiger partial charge in [0.1, 0.15) is 40.0 Å². The summed E-state index contributed by atoms with van der Waals surface area (Å²) in [5.74, 6) is 2.19. The minimum Gasteiger partial charge on any atom is -0.466 e. The number of nitrogens with one attached hydrogen (secondary N) is 1. The highest BCUT2D eigenvalue weighted by molar-refractivity contribution is 9.10. The Balaban J connectivity index is 0.000000277. The van der Waals surface area contributed by atoms with Crippen LogP contribution in [0.3, 0.4) is 0 Å². The van der Waals surface area contributed by atoms with Crippen LogP contribution >= 0.6 is 15.9 Å². The number of carbonyl (C=O) groups excluding carboxylic acids is 2. The molecule has 24 nitrogen and oxygen atoms in total. The van der Waals surface area contributed by atoms with Gasteiger partial charge in [0.25, 0.3) is 0 Å². The molecule has 9 aromatic rings. The largest absolute Gasteiger partial charge is 0.466 e. The van der Waals surface area contributed by atoms with E-state index in [-0.39, 0.29) is 17.8 Å². The number of aryl methyl sites for hydroxylation is 9. The van der Waals surface area contributed by atoms with Gasteiger partial charge in [-0.3, -0.25) is 43.0 Å². The van der Waals surface area contributed by atoms with Crippen LogP contribution in [-0.2, 0) is 65.7 Å². The Bertz CT molecular complexity index is 3830. The summed E-state index contributed by atoms with van der Waals surface area (Å²) < 4.78 is 19.2. The summed E-state index contributed by atoms with van der Waals surface area (Å²) in [5.41, 5.74) is 24.7. The number of ketones is 1. The molecule has 0 aliphatic carbocycles. The number of aromatic nitrogens is 14. The molecule has 0 saturated carbocycles. The van der Waals surface area contributed by atoms with E-state index in [0.717, 1.165) is 90.8 Å². The second-order valence-electron chi connectivity index (χ2n) is 23.2. The first kappa shape index (κ1) is 76.5. The van der Waals surface area contributed by atoms with Gasteiger partial charge in [-0.25, -0.2) is 19.8 Å². The topological polar surface area (TPSA) is 319 Å². The lowest BCUT2D eigenvalue weighted by Crippen LogP contribution is -2.12. The number of nitrogen functional groups attached to an aromatic ring is 1. The quantitative estimate of drug-likeness (QED) is 0.0307. The number of H-pyrrole nitrogens is 1. The summed E-state index contributed by atoms with van der Waals surface area (Å²) in [5, 5.41) is 42.2. The molecule has 0 amide bonds. The highest BCUT2D eigenvalue weighted by Gasteiger charge is 2.19. The van der Waals surface area contributed by atoms with E-state index in [9.17, 15) is 14.4 Å². The zero-order chi connectivity index (χ0) is 67.9. The average Bonchev–Trinajstić information content (AvgIpc) is 1.65. The molecule has 0 unspecified atom stereocenters. The molecule has 0 spiro atoms. The van der Waals surface area contributed by atoms with Crippen LogP contribution < -0.4 is 17.0 Å². The van der Waals surface area contributed by atoms with Crippen molar-refractivity contribution >= 4 is 77.6 Å². The normalized spacial score (nSPS) is 11.6. The first-order chi connectivity index (χ1) is 42.4. The smallest absolute Gasteiger partial charge is 0.313 e. The number of fused-ring (bicyclic) bond motifs is 4. The predicted molar refractivity (Wildman–Crippen MR) is 360 cm³/mol. The molecule has 1 aliphatic heterocycles. The van der Waals surface area contributed by atoms with Crippen LogP contribution in [-0.4, -0.2) is 112 Å². The van der Waals surface area contributed by atoms with Gasteiger partial charge in [-0.2, -0.15) is 30.8 Å². The monoisotopic (exact) mass is 1310 g/mol. The first-order valence-corrected chi connectivity index (χ1v) is 31.3. The van der Waals surface area contributed by atoms with Crippen LogP contribution in [0.1, 0.15) is 189 Å². The minimum atomic E-state index is -0.414. The van der Waals surface area contributed by atoms with Crippen LogP contribution in [0.25, 0.3) is 44.1 Å². The minimum absolute atomic E-state index is 0.0385. The van der Waals surface area contributed by atoms with Gasteiger partial charge >= 0.3 is 5.97 Å². The van der Waals surface area contributed by atoms with E-state index in [2.05, 4.69) is 145 Å². The van der Waals surface area contributed by atoms with E-state index in [1.165, 1.54) is 34.7 Å². The Morgan fingerprint density at radius 2 is 1.12 bits per heavy atom. The lowest BCUT2D eigenvalue weighted by molar-refractivity contribution is -0.237. The molecule has 0 bridgehead atoms. The number of esters is 1. The van der Waals surface area contributed by atoms with Crippen LogP contribution in [0.15, 0.2) is 45.9 Å². The van der Waals surface area contributed by atoms with Gasteiger partial charge in [0.05, 0.1) is 47.9 Å². The Labute approximate surface area is 538 Å². The molecular formula is C65H98BrN17O7. The number of pyridine rings is 4. The van der Waals surface area contributed by atoms with Crippen molar-refractivity contribution in [3.63, 3.8) is 0 Å². The SMILES string of the molecule is C1CCOC1.CCOC(=O)CC(=O)CC(C)C.CCOO.Cc1nn(C)c2[nH]c(=O)cc(C(C)C)c12.Cc1nn(C)c2nc(Br)cc(C(C)C)c12.Cc1nn(C)c2nc(C#N)cc(C(C)C)c12.Cc1nn(C)c2nc(CN)cc(C(C)C)c12.Cn1nccc1N. The van der Waals surface area contributed by atoms with Crippen molar-refractivity contribution < 1.29 is 29.2 Å². The third-order valence-corrected chi connectivity index (χ3v) is 14.4. The van der Waals surface area contributed by atoms with Crippen LogP contribution in [0, 0.1) is 44.9 Å². The molecule has 1 fully saturated rings. The number of nitriles is 1. The van der Waals surface area contributed by atoms with Crippen molar-refractivity contribution in [3.8, 4) is 6.07 Å². The van der Waals surface area contributed by atoms with Crippen molar-refractivity contribution in [2.24, 2.45) is 46.9 Å². The number of Topliss-reactive ketones (excluding diaryl/α,β-unsaturated/α-hetero) is 1. The van der Waals surface area contributed by atoms with Gasteiger partial charge < -0.3 is 25.9 Å². The van der Waals surface area contributed by atoms with E-state index < -0.39 is 5.97 Å². The second-order valence-corrected chi connectivity index (χ2v) is 24.1. The van der Waals surface area contributed by atoms with E-state index in [4.69, 9.17) is 26.7 Å². The highest BCUT2D eigenvalue weighted by atomic mass is 79.9. The van der Waals surface area contributed by atoms with Crippen molar-refractivity contribution in [2.45, 2.75) is 167 Å². The molecule has 1 aliphatic rings. The number of nitrogens with zero attached hydrogens (tertiary/aromatic N) is 14. The van der Waals surface area contributed by atoms with Gasteiger partial charge in [0.2, 0.25) is 5.56 Å². The zero-order valence-corrected chi connectivity index (χ0v) is 58.5. The van der Waals surface area contributed by atoms with Crippen molar-refractivity contribution in [1.29, 1.82) is 5.26 Å².